The lowest BCUT2D eigenvalue weighted by Crippen LogP contribution is -3.05. The molecule has 7 nitrogen and oxygen atoms in total. The number of thiazole rings is 1. The third-order valence-electron chi connectivity index (χ3n) is 4.51. The van der Waals surface area contributed by atoms with E-state index in [2.05, 4.69) is 32.1 Å². The standard InChI is InChI=1S/C19H22N4O3S2/c1-12-10-14-16(11-13(12)2)28-19(20-14)22(9-5-8-21(3)4)18(24)15-6-7-17(27-15)23(25)26/h6-7,10-11H,5,8-9H2,1-4H3/p+1. The maximum absolute atomic E-state index is 13.1. The molecule has 1 N–H and O–H groups in total. The van der Waals surface area contributed by atoms with Gasteiger partial charge in [0.15, 0.2) is 5.13 Å². The Morgan fingerprint density at radius 2 is 1.93 bits per heavy atom. The molecule has 0 unspecified atom stereocenters. The normalized spacial score (nSPS) is 11.3. The monoisotopic (exact) mass is 419 g/mol. The van der Waals surface area contributed by atoms with Gasteiger partial charge in [-0.2, -0.15) is 0 Å². The van der Waals surface area contributed by atoms with Crippen LogP contribution in [-0.4, -0.2) is 43.0 Å². The summed E-state index contributed by atoms with van der Waals surface area (Å²) < 4.78 is 1.03. The van der Waals surface area contributed by atoms with Crippen molar-refractivity contribution in [3.63, 3.8) is 0 Å². The second kappa shape index (κ2) is 8.34. The maximum atomic E-state index is 13.1. The number of benzene rings is 1. The second-order valence-corrected chi connectivity index (χ2v) is 9.13. The topological polar surface area (TPSA) is 80.8 Å². The molecule has 2 heterocycles. The predicted octanol–water partition coefficient (Wildman–Crippen LogP) is 3.06. The van der Waals surface area contributed by atoms with Crippen LogP contribution in [0.3, 0.4) is 0 Å². The van der Waals surface area contributed by atoms with E-state index in [4.69, 9.17) is 0 Å². The number of hydrogen-bond acceptors (Lipinski definition) is 6. The first-order valence-corrected chi connectivity index (χ1v) is 10.6. The molecule has 28 heavy (non-hydrogen) atoms. The van der Waals surface area contributed by atoms with Crippen LogP contribution in [0.1, 0.15) is 27.2 Å². The van der Waals surface area contributed by atoms with Crippen LogP contribution >= 0.6 is 22.7 Å². The minimum absolute atomic E-state index is 0.0309. The van der Waals surface area contributed by atoms with Crippen LogP contribution in [0.4, 0.5) is 10.1 Å². The molecule has 0 aliphatic heterocycles. The van der Waals surface area contributed by atoms with Crippen LogP contribution in [0, 0.1) is 24.0 Å². The molecule has 3 aromatic rings. The number of anilines is 1. The number of carbonyl (C=O) groups excluding carboxylic acids is 1. The highest BCUT2D eigenvalue weighted by atomic mass is 32.1. The molecule has 1 aromatic carbocycles. The first kappa shape index (κ1) is 20.4. The van der Waals surface area contributed by atoms with Gasteiger partial charge in [-0.05, 0) is 43.2 Å². The zero-order valence-electron chi connectivity index (χ0n) is 16.3. The number of amides is 1. The van der Waals surface area contributed by atoms with Crippen molar-refractivity contribution in [2.45, 2.75) is 20.3 Å². The molecule has 2 aromatic heterocycles. The summed E-state index contributed by atoms with van der Waals surface area (Å²) >= 11 is 2.39. The van der Waals surface area contributed by atoms with Crippen molar-refractivity contribution in [3.8, 4) is 0 Å². The number of fused-ring (bicyclic) bond motifs is 1. The fourth-order valence-corrected chi connectivity index (χ4v) is 4.67. The molecule has 0 bridgehead atoms. The fraction of sp³-hybridized carbons (Fsp3) is 0.368. The Labute approximate surface area is 171 Å². The summed E-state index contributed by atoms with van der Waals surface area (Å²) in [5.41, 5.74) is 3.22. The van der Waals surface area contributed by atoms with Gasteiger partial charge in [-0.1, -0.05) is 22.7 Å². The lowest BCUT2D eigenvalue weighted by atomic mass is 10.1. The van der Waals surface area contributed by atoms with E-state index in [0.29, 0.717) is 16.6 Å². The molecule has 148 valence electrons. The van der Waals surface area contributed by atoms with E-state index in [-0.39, 0.29) is 10.9 Å². The first-order chi connectivity index (χ1) is 13.3. The molecule has 1 amide bonds. The van der Waals surface area contributed by atoms with Gasteiger partial charge in [0, 0.05) is 19.0 Å². The van der Waals surface area contributed by atoms with Crippen LogP contribution in [0.25, 0.3) is 10.2 Å². The van der Waals surface area contributed by atoms with Gasteiger partial charge in [0.25, 0.3) is 5.91 Å². The van der Waals surface area contributed by atoms with Gasteiger partial charge in [0.05, 0.1) is 40.7 Å². The molecule has 3 rings (SSSR count). The van der Waals surface area contributed by atoms with Gasteiger partial charge >= 0.3 is 5.00 Å². The van der Waals surface area contributed by atoms with Crippen LogP contribution in [0.2, 0.25) is 0 Å². The van der Waals surface area contributed by atoms with E-state index in [1.54, 1.807) is 4.90 Å². The van der Waals surface area contributed by atoms with Gasteiger partial charge in [-0.3, -0.25) is 19.8 Å². The van der Waals surface area contributed by atoms with Gasteiger partial charge in [0.1, 0.15) is 0 Å². The number of rotatable bonds is 7. The predicted molar refractivity (Wildman–Crippen MR) is 114 cm³/mol. The molecule has 0 radical (unpaired) electrons. The Kier molecular flexibility index (Phi) is 6.07. The molecule has 0 atom stereocenters. The third-order valence-corrected chi connectivity index (χ3v) is 6.58. The van der Waals surface area contributed by atoms with Crippen molar-refractivity contribution in [1.29, 1.82) is 0 Å². The van der Waals surface area contributed by atoms with Crippen molar-refractivity contribution in [2.24, 2.45) is 0 Å². The summed E-state index contributed by atoms with van der Waals surface area (Å²) in [6, 6.07) is 7.03. The molecule has 0 spiro atoms. The average molecular weight is 420 g/mol. The maximum Gasteiger partial charge on any atom is 0.324 e. The molecule has 0 saturated carbocycles. The van der Waals surface area contributed by atoms with Gasteiger partial charge < -0.3 is 4.90 Å². The first-order valence-electron chi connectivity index (χ1n) is 8.99. The molecule has 0 aliphatic rings. The van der Waals surface area contributed by atoms with Crippen molar-refractivity contribution in [1.82, 2.24) is 4.98 Å². The van der Waals surface area contributed by atoms with Crippen LogP contribution < -0.4 is 9.80 Å². The van der Waals surface area contributed by atoms with Crippen molar-refractivity contribution in [2.75, 3.05) is 32.1 Å². The van der Waals surface area contributed by atoms with E-state index in [9.17, 15) is 14.9 Å². The fourth-order valence-electron chi connectivity index (χ4n) is 2.83. The van der Waals surface area contributed by atoms with E-state index in [1.807, 2.05) is 13.0 Å². The van der Waals surface area contributed by atoms with Gasteiger partial charge in [-0.25, -0.2) is 4.98 Å². The number of aromatic nitrogens is 1. The summed E-state index contributed by atoms with van der Waals surface area (Å²) in [5.74, 6) is -0.237. The molecule has 0 fully saturated rings. The van der Waals surface area contributed by atoms with Gasteiger partial charge in [-0.15, -0.1) is 0 Å². The summed E-state index contributed by atoms with van der Waals surface area (Å²) in [6.45, 7) is 5.54. The zero-order valence-corrected chi connectivity index (χ0v) is 17.9. The summed E-state index contributed by atoms with van der Waals surface area (Å²) in [5, 5.41) is 11.6. The molecule has 9 heteroatoms. The zero-order chi connectivity index (χ0) is 20.4. The SMILES string of the molecule is Cc1cc2nc(N(CCC[NH+](C)C)C(=O)c3ccc([N+](=O)[O-])s3)sc2cc1C. The third kappa shape index (κ3) is 4.37. The highest BCUT2D eigenvalue weighted by molar-refractivity contribution is 7.22. The molecular weight excluding hydrogens is 396 g/mol. The summed E-state index contributed by atoms with van der Waals surface area (Å²) in [6.07, 6.45) is 0.815. The van der Waals surface area contributed by atoms with Crippen molar-refractivity contribution < 1.29 is 14.6 Å². The number of quaternary nitrogens is 1. The van der Waals surface area contributed by atoms with E-state index in [1.165, 1.54) is 33.9 Å². The van der Waals surface area contributed by atoms with Crippen LogP contribution in [0.15, 0.2) is 24.3 Å². The van der Waals surface area contributed by atoms with Crippen LogP contribution in [0.5, 0.6) is 0 Å². The van der Waals surface area contributed by atoms with E-state index in [0.717, 1.165) is 40.1 Å². The summed E-state index contributed by atoms with van der Waals surface area (Å²) in [7, 11) is 4.13. The van der Waals surface area contributed by atoms with Crippen molar-refractivity contribution in [3.05, 3.63) is 50.4 Å². The number of nitrogens with zero attached hydrogens (tertiary/aromatic N) is 3. The average Bonchev–Trinajstić information content (AvgIpc) is 3.25. The lowest BCUT2D eigenvalue weighted by Gasteiger charge is -2.19. The Balaban J connectivity index is 1.95. The molecule has 0 aliphatic carbocycles. The Bertz CT molecular complexity index is 987. The Hall–Kier alpha value is -2.36. The van der Waals surface area contributed by atoms with Crippen LogP contribution in [-0.2, 0) is 0 Å². The second-order valence-electron chi connectivity index (χ2n) is 7.06. The molecular formula is C19H23N4O3S2+. The van der Waals surface area contributed by atoms with E-state index < -0.39 is 4.92 Å². The minimum atomic E-state index is -0.468. The number of nitrogens with one attached hydrogen (secondary N) is 1. The Morgan fingerprint density at radius 1 is 1.21 bits per heavy atom. The van der Waals surface area contributed by atoms with Crippen molar-refractivity contribution >= 4 is 48.9 Å². The number of nitro groups is 1. The number of carbonyl (C=O) groups is 1. The minimum Gasteiger partial charge on any atom is -0.340 e. The quantitative estimate of drug-likeness (QED) is 0.471. The smallest absolute Gasteiger partial charge is 0.324 e. The lowest BCUT2D eigenvalue weighted by molar-refractivity contribution is -0.858. The number of thiophene rings is 1. The highest BCUT2D eigenvalue weighted by Crippen LogP contribution is 2.33. The number of aryl methyl sites for hydroxylation is 2. The highest BCUT2D eigenvalue weighted by Gasteiger charge is 2.25. The van der Waals surface area contributed by atoms with E-state index >= 15 is 0 Å². The summed E-state index contributed by atoms with van der Waals surface area (Å²) in [4.78, 5) is 31.7. The van der Waals surface area contributed by atoms with Gasteiger partial charge in [0.2, 0.25) is 0 Å². The largest absolute Gasteiger partial charge is 0.340 e. The Morgan fingerprint density at radius 3 is 2.57 bits per heavy atom. The molecule has 0 saturated heterocycles. The number of hydrogen-bond donors (Lipinski definition) is 1.